The SMILES string of the molecule is Cc1noc2ccc(N)c(F)c12. The number of rotatable bonds is 0. The van der Waals surface area contributed by atoms with Crippen molar-refractivity contribution in [2.75, 3.05) is 5.73 Å². The number of benzene rings is 1. The molecule has 0 unspecified atom stereocenters. The van der Waals surface area contributed by atoms with E-state index >= 15 is 0 Å². The van der Waals surface area contributed by atoms with Crippen LogP contribution in [0, 0.1) is 12.7 Å². The van der Waals surface area contributed by atoms with Gasteiger partial charge in [-0.15, -0.1) is 0 Å². The highest BCUT2D eigenvalue weighted by molar-refractivity contribution is 5.83. The van der Waals surface area contributed by atoms with Gasteiger partial charge in [0.25, 0.3) is 0 Å². The molecule has 0 aliphatic carbocycles. The van der Waals surface area contributed by atoms with Gasteiger partial charge in [-0.3, -0.25) is 0 Å². The Morgan fingerprint density at radius 1 is 1.50 bits per heavy atom. The first-order valence-electron chi connectivity index (χ1n) is 3.50. The molecule has 0 aliphatic heterocycles. The molecule has 2 rings (SSSR count). The Bertz CT molecular complexity index is 436. The lowest BCUT2D eigenvalue weighted by atomic mass is 10.2. The molecule has 3 nitrogen and oxygen atoms in total. The summed E-state index contributed by atoms with van der Waals surface area (Å²) in [5, 5.41) is 4.00. The van der Waals surface area contributed by atoms with E-state index in [-0.39, 0.29) is 5.69 Å². The molecule has 1 heterocycles. The Labute approximate surface area is 67.9 Å². The summed E-state index contributed by atoms with van der Waals surface area (Å²) in [5.41, 5.74) is 6.44. The van der Waals surface area contributed by atoms with Crippen molar-refractivity contribution < 1.29 is 8.91 Å². The fourth-order valence-electron chi connectivity index (χ4n) is 1.15. The molecule has 0 atom stereocenters. The van der Waals surface area contributed by atoms with E-state index in [9.17, 15) is 4.39 Å². The molecule has 2 aromatic rings. The minimum Gasteiger partial charge on any atom is -0.396 e. The van der Waals surface area contributed by atoms with E-state index in [1.54, 1.807) is 13.0 Å². The summed E-state index contributed by atoms with van der Waals surface area (Å²) >= 11 is 0. The van der Waals surface area contributed by atoms with E-state index in [0.717, 1.165) is 0 Å². The molecule has 0 radical (unpaired) electrons. The first kappa shape index (κ1) is 7.09. The normalized spacial score (nSPS) is 10.8. The summed E-state index contributed by atoms with van der Waals surface area (Å²) in [6.07, 6.45) is 0. The Hall–Kier alpha value is -1.58. The summed E-state index contributed by atoms with van der Waals surface area (Å²) in [6.45, 7) is 1.67. The van der Waals surface area contributed by atoms with Gasteiger partial charge in [0.1, 0.15) is 0 Å². The number of anilines is 1. The third-order valence-electron chi connectivity index (χ3n) is 1.78. The number of hydrogen-bond donors (Lipinski definition) is 1. The third kappa shape index (κ3) is 0.777. The Kier molecular flexibility index (Phi) is 1.30. The number of fused-ring (bicyclic) bond motifs is 1. The lowest BCUT2D eigenvalue weighted by Gasteiger charge is -1.95. The van der Waals surface area contributed by atoms with E-state index in [2.05, 4.69) is 5.16 Å². The van der Waals surface area contributed by atoms with Gasteiger partial charge in [0, 0.05) is 0 Å². The molecular formula is C8H7FN2O. The zero-order valence-corrected chi connectivity index (χ0v) is 6.47. The van der Waals surface area contributed by atoms with Crippen LogP contribution >= 0.6 is 0 Å². The number of aryl methyl sites for hydroxylation is 1. The zero-order chi connectivity index (χ0) is 8.72. The topological polar surface area (TPSA) is 52.0 Å². The van der Waals surface area contributed by atoms with Crippen LogP contribution in [0.3, 0.4) is 0 Å². The maximum Gasteiger partial charge on any atom is 0.170 e. The van der Waals surface area contributed by atoms with Gasteiger partial charge in [0.15, 0.2) is 11.4 Å². The van der Waals surface area contributed by atoms with Gasteiger partial charge in [-0.2, -0.15) is 0 Å². The molecule has 0 amide bonds. The molecule has 0 aliphatic rings. The Morgan fingerprint density at radius 3 is 3.00 bits per heavy atom. The summed E-state index contributed by atoms with van der Waals surface area (Å²) in [7, 11) is 0. The molecule has 2 N–H and O–H groups in total. The molecule has 1 aromatic heterocycles. The third-order valence-corrected chi connectivity index (χ3v) is 1.78. The molecule has 0 bridgehead atoms. The minimum atomic E-state index is -0.453. The summed E-state index contributed by atoms with van der Waals surface area (Å²) in [4.78, 5) is 0. The van der Waals surface area contributed by atoms with Crippen molar-refractivity contribution in [1.29, 1.82) is 0 Å². The van der Waals surface area contributed by atoms with Crippen LogP contribution < -0.4 is 5.73 Å². The van der Waals surface area contributed by atoms with Crippen molar-refractivity contribution in [3.05, 3.63) is 23.6 Å². The van der Waals surface area contributed by atoms with Crippen LogP contribution in [-0.2, 0) is 0 Å². The van der Waals surface area contributed by atoms with Gasteiger partial charge >= 0.3 is 0 Å². The summed E-state index contributed by atoms with van der Waals surface area (Å²) in [5.74, 6) is -0.453. The average Bonchev–Trinajstić information content (AvgIpc) is 2.41. The van der Waals surface area contributed by atoms with E-state index < -0.39 is 5.82 Å². The van der Waals surface area contributed by atoms with Crippen molar-refractivity contribution in [3.63, 3.8) is 0 Å². The highest BCUT2D eigenvalue weighted by Crippen LogP contribution is 2.24. The van der Waals surface area contributed by atoms with Gasteiger partial charge < -0.3 is 10.3 Å². The monoisotopic (exact) mass is 166 g/mol. The van der Waals surface area contributed by atoms with Crippen molar-refractivity contribution in [1.82, 2.24) is 5.16 Å². The standard InChI is InChI=1S/C8H7FN2O/c1-4-7-6(12-11-4)3-2-5(10)8(7)9/h2-3H,10H2,1H3. The Morgan fingerprint density at radius 2 is 2.25 bits per heavy atom. The number of aromatic nitrogens is 1. The van der Waals surface area contributed by atoms with Crippen molar-refractivity contribution >= 4 is 16.7 Å². The number of halogens is 1. The maximum atomic E-state index is 13.3. The number of nitrogens with zero attached hydrogens (tertiary/aromatic N) is 1. The maximum absolute atomic E-state index is 13.3. The lowest BCUT2D eigenvalue weighted by Crippen LogP contribution is -1.90. The van der Waals surface area contributed by atoms with Crippen molar-refractivity contribution in [3.8, 4) is 0 Å². The summed E-state index contributed by atoms with van der Waals surface area (Å²) < 4.78 is 18.1. The van der Waals surface area contributed by atoms with Crippen LogP contribution in [0.2, 0.25) is 0 Å². The first-order valence-corrected chi connectivity index (χ1v) is 3.50. The lowest BCUT2D eigenvalue weighted by molar-refractivity contribution is 0.450. The molecule has 1 aromatic carbocycles. The van der Waals surface area contributed by atoms with Crippen LogP contribution in [0.1, 0.15) is 5.69 Å². The molecule has 0 spiro atoms. The van der Waals surface area contributed by atoms with E-state index in [1.807, 2.05) is 0 Å². The number of hydrogen-bond acceptors (Lipinski definition) is 3. The van der Waals surface area contributed by atoms with Gasteiger partial charge in [-0.05, 0) is 19.1 Å². The van der Waals surface area contributed by atoms with Gasteiger partial charge in [0.05, 0.1) is 16.8 Å². The number of nitrogens with two attached hydrogens (primary N) is 1. The van der Waals surface area contributed by atoms with E-state index in [0.29, 0.717) is 16.7 Å². The minimum absolute atomic E-state index is 0.119. The average molecular weight is 166 g/mol. The predicted octanol–water partition coefficient (Wildman–Crippen LogP) is 1.86. The van der Waals surface area contributed by atoms with Crippen LogP contribution in [-0.4, -0.2) is 5.16 Å². The Balaban J connectivity index is 2.96. The summed E-state index contributed by atoms with van der Waals surface area (Å²) in [6, 6.07) is 3.07. The molecule has 0 saturated heterocycles. The van der Waals surface area contributed by atoms with Crippen LogP contribution in [0.5, 0.6) is 0 Å². The fraction of sp³-hybridized carbons (Fsp3) is 0.125. The highest BCUT2D eigenvalue weighted by atomic mass is 19.1. The van der Waals surface area contributed by atoms with Crippen LogP contribution in [0.4, 0.5) is 10.1 Å². The second kappa shape index (κ2) is 2.20. The van der Waals surface area contributed by atoms with Crippen molar-refractivity contribution in [2.24, 2.45) is 0 Å². The molecular weight excluding hydrogens is 159 g/mol. The molecule has 0 fully saturated rings. The fourth-order valence-corrected chi connectivity index (χ4v) is 1.15. The molecule has 4 heteroatoms. The van der Waals surface area contributed by atoms with E-state index in [1.165, 1.54) is 6.07 Å². The largest absolute Gasteiger partial charge is 0.396 e. The quantitative estimate of drug-likeness (QED) is 0.607. The van der Waals surface area contributed by atoms with Crippen LogP contribution in [0.15, 0.2) is 16.7 Å². The molecule has 0 saturated carbocycles. The van der Waals surface area contributed by atoms with Crippen LogP contribution in [0.25, 0.3) is 11.0 Å². The highest BCUT2D eigenvalue weighted by Gasteiger charge is 2.11. The number of nitrogen functional groups attached to an aromatic ring is 1. The van der Waals surface area contributed by atoms with E-state index in [4.69, 9.17) is 10.3 Å². The molecule has 12 heavy (non-hydrogen) atoms. The predicted molar refractivity (Wildman–Crippen MR) is 43.1 cm³/mol. The smallest absolute Gasteiger partial charge is 0.170 e. The van der Waals surface area contributed by atoms with Gasteiger partial charge in [-0.1, -0.05) is 5.16 Å². The second-order valence-electron chi connectivity index (χ2n) is 2.61. The first-order chi connectivity index (χ1) is 5.70. The second-order valence-corrected chi connectivity index (χ2v) is 2.61. The van der Waals surface area contributed by atoms with Gasteiger partial charge in [0.2, 0.25) is 0 Å². The van der Waals surface area contributed by atoms with Gasteiger partial charge in [-0.25, -0.2) is 4.39 Å². The zero-order valence-electron chi connectivity index (χ0n) is 6.47. The molecule has 62 valence electrons. The van der Waals surface area contributed by atoms with Crippen molar-refractivity contribution in [2.45, 2.75) is 6.92 Å².